The third-order valence-electron chi connectivity index (χ3n) is 4.01. The number of hydrogen-bond donors (Lipinski definition) is 4. The average molecular weight is 458 g/mol. The summed E-state index contributed by atoms with van der Waals surface area (Å²) in [7, 11) is -10.4. The van der Waals surface area contributed by atoms with Crippen LogP contribution in [0.15, 0.2) is 21.9 Å². The van der Waals surface area contributed by atoms with Gasteiger partial charge in [0.25, 0.3) is 5.56 Å². The molecule has 29 heavy (non-hydrogen) atoms. The second-order valence-electron chi connectivity index (χ2n) is 6.07. The minimum atomic E-state index is -5.30. The van der Waals surface area contributed by atoms with Gasteiger partial charge in [0.15, 0.2) is 12.3 Å². The maximum absolute atomic E-state index is 12.1. The summed E-state index contributed by atoms with van der Waals surface area (Å²) in [5, 5.41) is 0. The van der Waals surface area contributed by atoms with E-state index in [1.165, 1.54) is 0 Å². The topological polar surface area (TPSA) is 204 Å². The normalized spacial score (nSPS) is 26.8. The number of ether oxygens (including phenoxy) is 2. The average Bonchev–Trinajstić information content (AvgIpc) is 2.87. The van der Waals surface area contributed by atoms with Crippen LogP contribution in [0.3, 0.4) is 0 Å². The number of aromatic amines is 1. The Labute approximate surface area is 163 Å². The highest BCUT2D eigenvalue weighted by atomic mass is 31.3. The molecule has 4 N–H and O–H groups in total. The minimum absolute atomic E-state index is 0.315. The smallest absolute Gasteiger partial charge is 0.457 e. The number of H-pyrrole nitrogens is 1. The lowest BCUT2D eigenvalue weighted by atomic mass is 9.95. The summed E-state index contributed by atoms with van der Waals surface area (Å²) < 4.78 is 42.6. The van der Waals surface area contributed by atoms with Crippen LogP contribution in [0.1, 0.15) is 26.5 Å². The molecule has 164 valence electrons. The Morgan fingerprint density at radius 3 is 2.48 bits per heavy atom. The Kier molecular flexibility index (Phi) is 7.36. The van der Waals surface area contributed by atoms with Crippen LogP contribution >= 0.6 is 15.6 Å². The Bertz CT molecular complexity index is 952. The number of carbonyl (C=O) groups excluding carboxylic acids is 1. The first-order chi connectivity index (χ1) is 13.3. The molecule has 0 bridgehead atoms. The zero-order valence-corrected chi connectivity index (χ0v) is 17.0. The van der Waals surface area contributed by atoms with E-state index in [9.17, 15) is 28.4 Å². The van der Waals surface area contributed by atoms with Gasteiger partial charge in [-0.05, 0) is 6.42 Å². The molecule has 0 aliphatic carbocycles. The SMILES string of the molecule is CC[C@H]1[C@@H](OC(C)=O)[C@H](n2ccc(=O)[nH]c2=O)O[C@@H]1COP(=O)(O)OP(=O)(O)O. The van der Waals surface area contributed by atoms with E-state index in [4.69, 9.17) is 19.3 Å². The zero-order chi connectivity index (χ0) is 22.0. The van der Waals surface area contributed by atoms with Gasteiger partial charge in [0, 0.05) is 25.1 Å². The fraction of sp³-hybridized carbons (Fsp3) is 0.615. The monoisotopic (exact) mass is 458 g/mol. The summed E-state index contributed by atoms with van der Waals surface area (Å²) >= 11 is 0. The molecule has 0 saturated carbocycles. The van der Waals surface area contributed by atoms with Gasteiger partial charge >= 0.3 is 27.3 Å². The molecule has 1 aromatic rings. The highest BCUT2D eigenvalue weighted by molar-refractivity contribution is 7.60. The highest BCUT2D eigenvalue weighted by Gasteiger charge is 2.48. The van der Waals surface area contributed by atoms with Crippen molar-refractivity contribution >= 4 is 21.6 Å². The minimum Gasteiger partial charge on any atom is -0.457 e. The van der Waals surface area contributed by atoms with Gasteiger partial charge < -0.3 is 24.2 Å². The van der Waals surface area contributed by atoms with E-state index in [1.807, 2.05) is 4.98 Å². The number of carbonyl (C=O) groups is 1. The number of hydrogen-bond acceptors (Lipinski definition) is 9. The van der Waals surface area contributed by atoms with Crippen molar-refractivity contribution in [3.63, 3.8) is 0 Å². The van der Waals surface area contributed by atoms with Crippen molar-refractivity contribution < 1.29 is 46.9 Å². The van der Waals surface area contributed by atoms with Gasteiger partial charge in [0.2, 0.25) is 0 Å². The van der Waals surface area contributed by atoms with E-state index in [-0.39, 0.29) is 0 Å². The lowest BCUT2D eigenvalue weighted by Crippen LogP contribution is -2.38. The van der Waals surface area contributed by atoms with E-state index in [0.717, 1.165) is 23.8 Å². The number of aromatic nitrogens is 2. The second kappa shape index (κ2) is 9.02. The molecule has 0 radical (unpaired) electrons. The van der Waals surface area contributed by atoms with Gasteiger partial charge in [-0.3, -0.25) is 23.7 Å². The van der Waals surface area contributed by atoms with Gasteiger partial charge in [0.1, 0.15) is 0 Å². The number of nitrogens with zero attached hydrogens (tertiary/aromatic N) is 1. The number of phosphoric ester groups is 1. The molecule has 16 heteroatoms. The van der Waals surface area contributed by atoms with Gasteiger partial charge in [-0.25, -0.2) is 13.9 Å². The molecule has 0 amide bonds. The van der Waals surface area contributed by atoms with E-state index < -0.39 is 63.8 Å². The van der Waals surface area contributed by atoms with Gasteiger partial charge in [-0.1, -0.05) is 6.92 Å². The standard InChI is InChI=1S/C13H20N2O12P2/c1-3-8-9(6-24-29(22,23)27-28(19,20)21)26-12(11(8)25-7(2)16)15-5-4-10(17)14-13(15)18/h4-5,8-9,11-12H,3,6H2,1-2H3,(H,22,23)(H,14,17,18)(H2,19,20,21)/t8-,9-,11-,12-/m1/s1. The highest BCUT2D eigenvalue weighted by Crippen LogP contribution is 2.58. The Morgan fingerprint density at radius 1 is 1.31 bits per heavy atom. The zero-order valence-electron chi connectivity index (χ0n) is 15.2. The molecule has 2 heterocycles. The van der Waals surface area contributed by atoms with Crippen LogP contribution in [-0.2, 0) is 32.2 Å². The number of rotatable bonds is 8. The van der Waals surface area contributed by atoms with Gasteiger partial charge in [-0.2, -0.15) is 4.31 Å². The molecule has 1 fully saturated rings. The van der Waals surface area contributed by atoms with Crippen LogP contribution < -0.4 is 11.2 Å². The molecule has 2 rings (SSSR count). The van der Waals surface area contributed by atoms with Crippen molar-refractivity contribution in [2.45, 2.75) is 38.7 Å². The van der Waals surface area contributed by atoms with Crippen molar-refractivity contribution in [2.75, 3.05) is 6.61 Å². The third kappa shape index (κ3) is 6.43. The van der Waals surface area contributed by atoms with E-state index in [1.54, 1.807) is 6.92 Å². The molecule has 14 nitrogen and oxygen atoms in total. The molecule has 1 unspecified atom stereocenters. The molecule has 1 aliphatic rings. The molecular weight excluding hydrogens is 438 g/mol. The first kappa shape index (κ1) is 23.6. The molecular formula is C13H20N2O12P2. The fourth-order valence-corrected chi connectivity index (χ4v) is 4.55. The van der Waals surface area contributed by atoms with Crippen LogP contribution in [0, 0.1) is 5.92 Å². The van der Waals surface area contributed by atoms with Gasteiger partial charge in [0.05, 0.1) is 12.7 Å². The summed E-state index contributed by atoms with van der Waals surface area (Å²) in [5.41, 5.74) is -1.50. The second-order valence-corrected chi connectivity index (χ2v) is 8.89. The number of phosphoric acid groups is 2. The van der Waals surface area contributed by atoms with Crippen molar-refractivity contribution in [1.29, 1.82) is 0 Å². The molecule has 0 aromatic carbocycles. The quantitative estimate of drug-likeness (QED) is 0.291. The molecule has 0 spiro atoms. The van der Waals surface area contributed by atoms with Crippen LogP contribution in [0.5, 0.6) is 0 Å². The molecule has 5 atom stereocenters. The van der Waals surface area contributed by atoms with Crippen molar-refractivity contribution in [3.8, 4) is 0 Å². The number of esters is 1. The maximum atomic E-state index is 12.1. The summed E-state index contributed by atoms with van der Waals surface area (Å²) in [6.07, 6.45) is -1.78. The summed E-state index contributed by atoms with van der Waals surface area (Å²) in [6, 6.07) is 1.05. The van der Waals surface area contributed by atoms with Gasteiger partial charge in [-0.15, -0.1) is 0 Å². The van der Waals surface area contributed by atoms with Crippen LogP contribution in [0.4, 0.5) is 0 Å². The fourth-order valence-electron chi connectivity index (χ4n) is 2.95. The molecule has 1 saturated heterocycles. The lowest BCUT2D eigenvalue weighted by Gasteiger charge is -2.23. The Morgan fingerprint density at radius 2 is 1.97 bits per heavy atom. The van der Waals surface area contributed by atoms with Crippen LogP contribution in [0.2, 0.25) is 0 Å². The molecule has 1 aliphatic heterocycles. The largest absolute Gasteiger partial charge is 0.481 e. The Balaban J connectivity index is 2.28. The van der Waals surface area contributed by atoms with Crippen molar-refractivity contribution in [3.05, 3.63) is 33.1 Å². The summed E-state index contributed by atoms with van der Waals surface area (Å²) in [5.74, 6) is -1.31. The first-order valence-electron chi connectivity index (χ1n) is 8.21. The van der Waals surface area contributed by atoms with E-state index in [2.05, 4.69) is 8.83 Å². The first-order valence-corrected chi connectivity index (χ1v) is 11.2. The predicted molar refractivity (Wildman–Crippen MR) is 93.5 cm³/mol. The van der Waals surface area contributed by atoms with Crippen LogP contribution in [-0.4, -0.2) is 49.0 Å². The van der Waals surface area contributed by atoms with E-state index in [0.29, 0.717) is 6.42 Å². The van der Waals surface area contributed by atoms with Crippen molar-refractivity contribution in [1.82, 2.24) is 9.55 Å². The van der Waals surface area contributed by atoms with Crippen molar-refractivity contribution in [2.24, 2.45) is 5.92 Å². The lowest BCUT2D eigenvalue weighted by molar-refractivity contribution is -0.154. The third-order valence-corrected chi connectivity index (χ3v) is 6.16. The summed E-state index contributed by atoms with van der Waals surface area (Å²) in [4.78, 5) is 63.6. The summed E-state index contributed by atoms with van der Waals surface area (Å²) in [6.45, 7) is 2.16. The van der Waals surface area contributed by atoms with Crippen LogP contribution in [0.25, 0.3) is 0 Å². The van der Waals surface area contributed by atoms with E-state index >= 15 is 0 Å². The predicted octanol–water partition coefficient (Wildman–Crippen LogP) is -0.382. The number of nitrogens with one attached hydrogen (secondary N) is 1. The molecule has 1 aromatic heterocycles. The maximum Gasteiger partial charge on any atom is 0.481 e. The Hall–Kier alpha value is -1.63.